The van der Waals surface area contributed by atoms with Gasteiger partial charge in [0.05, 0.1) is 24.9 Å². The SMILES string of the molecule is CC1(CO)CC[C@H](Cn2ccc(=O)[nH]c2=O)O1. The summed E-state index contributed by atoms with van der Waals surface area (Å²) in [5, 5.41) is 9.16. The van der Waals surface area contributed by atoms with Crippen molar-refractivity contribution in [3.8, 4) is 0 Å². The molecule has 0 aliphatic carbocycles. The number of hydrogen-bond donors (Lipinski definition) is 2. The topological polar surface area (TPSA) is 84.3 Å². The van der Waals surface area contributed by atoms with E-state index in [2.05, 4.69) is 4.98 Å². The van der Waals surface area contributed by atoms with E-state index < -0.39 is 16.9 Å². The van der Waals surface area contributed by atoms with Crippen molar-refractivity contribution in [1.29, 1.82) is 0 Å². The maximum Gasteiger partial charge on any atom is 0.328 e. The lowest BCUT2D eigenvalue weighted by Crippen LogP contribution is -2.34. The van der Waals surface area contributed by atoms with Crippen molar-refractivity contribution in [3.05, 3.63) is 33.1 Å². The number of H-pyrrole nitrogens is 1. The molecule has 1 saturated heterocycles. The molecule has 2 N–H and O–H groups in total. The summed E-state index contributed by atoms with van der Waals surface area (Å²) in [5.41, 5.74) is -1.34. The number of aliphatic hydroxyl groups excluding tert-OH is 1. The van der Waals surface area contributed by atoms with Crippen LogP contribution in [0.1, 0.15) is 19.8 Å². The van der Waals surface area contributed by atoms with Gasteiger partial charge in [-0.15, -0.1) is 0 Å². The van der Waals surface area contributed by atoms with Gasteiger partial charge in [-0.1, -0.05) is 0 Å². The average Bonchev–Trinajstić information content (AvgIpc) is 2.66. The molecular weight excluding hydrogens is 224 g/mol. The maximum atomic E-state index is 11.5. The maximum absolute atomic E-state index is 11.5. The molecule has 1 aromatic heterocycles. The first-order valence-corrected chi connectivity index (χ1v) is 5.61. The average molecular weight is 240 g/mol. The molecule has 0 bridgehead atoms. The van der Waals surface area contributed by atoms with Crippen LogP contribution in [0.4, 0.5) is 0 Å². The van der Waals surface area contributed by atoms with Gasteiger partial charge in [-0.05, 0) is 19.8 Å². The predicted molar refractivity (Wildman–Crippen MR) is 60.9 cm³/mol. The monoisotopic (exact) mass is 240 g/mol. The third-order valence-corrected chi connectivity index (χ3v) is 3.08. The van der Waals surface area contributed by atoms with Gasteiger partial charge in [0.15, 0.2) is 0 Å². The van der Waals surface area contributed by atoms with Crippen LogP contribution in [0.2, 0.25) is 0 Å². The summed E-state index contributed by atoms with van der Waals surface area (Å²) in [7, 11) is 0. The van der Waals surface area contributed by atoms with Gasteiger partial charge in [0.1, 0.15) is 0 Å². The second kappa shape index (κ2) is 4.46. The second-order valence-electron chi connectivity index (χ2n) is 4.65. The van der Waals surface area contributed by atoms with E-state index in [-0.39, 0.29) is 12.7 Å². The van der Waals surface area contributed by atoms with E-state index in [0.717, 1.165) is 12.8 Å². The first kappa shape index (κ1) is 12.1. The van der Waals surface area contributed by atoms with E-state index in [0.29, 0.717) is 6.54 Å². The van der Waals surface area contributed by atoms with Crippen LogP contribution >= 0.6 is 0 Å². The van der Waals surface area contributed by atoms with Crippen LogP contribution < -0.4 is 11.2 Å². The molecule has 1 aromatic rings. The molecule has 0 saturated carbocycles. The van der Waals surface area contributed by atoms with Crippen molar-refractivity contribution in [2.45, 2.75) is 38.0 Å². The van der Waals surface area contributed by atoms with E-state index in [1.807, 2.05) is 6.92 Å². The first-order chi connectivity index (χ1) is 8.02. The molecule has 6 nitrogen and oxygen atoms in total. The van der Waals surface area contributed by atoms with Crippen LogP contribution in [0.3, 0.4) is 0 Å². The number of aromatic amines is 1. The van der Waals surface area contributed by atoms with Crippen LogP contribution in [0.25, 0.3) is 0 Å². The van der Waals surface area contributed by atoms with E-state index in [1.54, 1.807) is 0 Å². The smallest absolute Gasteiger partial charge is 0.328 e. The van der Waals surface area contributed by atoms with E-state index in [4.69, 9.17) is 9.84 Å². The number of hydrogen-bond acceptors (Lipinski definition) is 4. The highest BCUT2D eigenvalue weighted by atomic mass is 16.5. The van der Waals surface area contributed by atoms with Gasteiger partial charge in [0, 0.05) is 12.3 Å². The molecule has 0 radical (unpaired) electrons. The van der Waals surface area contributed by atoms with Crippen LogP contribution in [0.5, 0.6) is 0 Å². The molecule has 1 aliphatic heterocycles. The molecule has 1 aliphatic rings. The Labute approximate surface area is 97.9 Å². The number of aliphatic hydroxyl groups is 1. The largest absolute Gasteiger partial charge is 0.393 e. The Morgan fingerprint density at radius 1 is 1.65 bits per heavy atom. The Morgan fingerprint density at radius 3 is 3.00 bits per heavy atom. The van der Waals surface area contributed by atoms with Gasteiger partial charge in [-0.3, -0.25) is 14.3 Å². The zero-order valence-electron chi connectivity index (χ0n) is 9.68. The minimum Gasteiger partial charge on any atom is -0.393 e. The van der Waals surface area contributed by atoms with Gasteiger partial charge in [-0.2, -0.15) is 0 Å². The fourth-order valence-corrected chi connectivity index (χ4v) is 2.04. The van der Waals surface area contributed by atoms with Crippen LogP contribution in [0, 0.1) is 0 Å². The number of rotatable bonds is 3. The van der Waals surface area contributed by atoms with Gasteiger partial charge in [0.25, 0.3) is 5.56 Å². The van der Waals surface area contributed by atoms with Gasteiger partial charge < -0.3 is 9.84 Å². The first-order valence-electron chi connectivity index (χ1n) is 5.61. The highest BCUT2D eigenvalue weighted by Crippen LogP contribution is 2.29. The highest BCUT2D eigenvalue weighted by molar-refractivity contribution is 4.87. The normalized spacial score (nSPS) is 28.5. The van der Waals surface area contributed by atoms with E-state index in [9.17, 15) is 9.59 Å². The lowest BCUT2D eigenvalue weighted by Gasteiger charge is -2.22. The van der Waals surface area contributed by atoms with Crippen molar-refractivity contribution < 1.29 is 9.84 Å². The van der Waals surface area contributed by atoms with Gasteiger partial charge in [-0.25, -0.2) is 4.79 Å². The van der Waals surface area contributed by atoms with Crippen molar-refractivity contribution in [1.82, 2.24) is 9.55 Å². The van der Waals surface area contributed by atoms with Crippen LogP contribution in [-0.4, -0.2) is 33.0 Å². The lowest BCUT2D eigenvalue weighted by molar-refractivity contribution is -0.0652. The minimum absolute atomic E-state index is 0.0238. The molecular formula is C11H16N2O4. The molecule has 2 rings (SSSR count). The van der Waals surface area contributed by atoms with Crippen molar-refractivity contribution >= 4 is 0 Å². The zero-order valence-corrected chi connectivity index (χ0v) is 9.68. The summed E-state index contributed by atoms with van der Waals surface area (Å²) < 4.78 is 7.10. The quantitative estimate of drug-likeness (QED) is 0.743. The Balaban J connectivity index is 2.08. The minimum atomic E-state index is -0.504. The molecule has 0 spiro atoms. The molecule has 6 heteroatoms. The lowest BCUT2D eigenvalue weighted by atomic mass is 10.0. The Hall–Kier alpha value is -1.40. The Bertz CT molecular complexity index is 507. The molecule has 17 heavy (non-hydrogen) atoms. The van der Waals surface area contributed by atoms with Gasteiger partial charge in [0.2, 0.25) is 0 Å². The molecule has 0 aromatic carbocycles. The number of nitrogens with zero attached hydrogens (tertiary/aromatic N) is 1. The fourth-order valence-electron chi connectivity index (χ4n) is 2.04. The second-order valence-corrected chi connectivity index (χ2v) is 4.65. The molecule has 2 atom stereocenters. The zero-order chi connectivity index (χ0) is 12.5. The summed E-state index contributed by atoms with van der Waals surface area (Å²) in [6.45, 7) is 2.22. The third kappa shape index (κ3) is 2.65. The molecule has 1 fully saturated rings. The molecule has 1 unspecified atom stereocenters. The standard InChI is InChI=1S/C11H16N2O4/c1-11(7-14)4-2-8(17-11)6-13-5-3-9(15)12-10(13)16/h3,5,8,14H,2,4,6-7H2,1H3,(H,12,15,16)/t8-,11?/m1/s1. The summed E-state index contributed by atoms with van der Waals surface area (Å²) in [6, 6.07) is 1.31. The third-order valence-electron chi connectivity index (χ3n) is 3.08. The fraction of sp³-hybridized carbons (Fsp3) is 0.636. The van der Waals surface area contributed by atoms with Crippen LogP contribution in [0.15, 0.2) is 21.9 Å². The molecule has 94 valence electrons. The van der Waals surface area contributed by atoms with E-state index in [1.165, 1.54) is 16.8 Å². The van der Waals surface area contributed by atoms with Crippen molar-refractivity contribution in [3.63, 3.8) is 0 Å². The molecule has 2 heterocycles. The van der Waals surface area contributed by atoms with Crippen molar-refractivity contribution in [2.75, 3.05) is 6.61 Å². The predicted octanol–water partition coefficient (Wildman–Crippen LogP) is -0.533. The number of nitrogens with one attached hydrogen (secondary N) is 1. The molecule has 0 amide bonds. The van der Waals surface area contributed by atoms with Gasteiger partial charge >= 0.3 is 5.69 Å². The highest BCUT2D eigenvalue weighted by Gasteiger charge is 2.35. The Morgan fingerprint density at radius 2 is 2.41 bits per heavy atom. The summed E-state index contributed by atoms with van der Waals surface area (Å²) >= 11 is 0. The summed E-state index contributed by atoms with van der Waals surface area (Å²) in [5.74, 6) is 0. The summed E-state index contributed by atoms with van der Waals surface area (Å²) in [6.07, 6.45) is 2.92. The summed E-state index contributed by atoms with van der Waals surface area (Å²) in [4.78, 5) is 24.6. The number of ether oxygens (including phenoxy) is 1. The Kier molecular flexibility index (Phi) is 3.17. The number of aromatic nitrogens is 2. The van der Waals surface area contributed by atoms with Crippen molar-refractivity contribution in [2.24, 2.45) is 0 Å². The van der Waals surface area contributed by atoms with Crippen LogP contribution in [-0.2, 0) is 11.3 Å². The van der Waals surface area contributed by atoms with E-state index >= 15 is 0 Å².